The Labute approximate surface area is 133 Å². The highest BCUT2D eigenvalue weighted by molar-refractivity contribution is 5.86. The summed E-state index contributed by atoms with van der Waals surface area (Å²) in [6.45, 7) is 5.53. The monoisotopic (exact) mass is 330 g/mol. The van der Waals surface area contributed by atoms with Gasteiger partial charge in [0, 0.05) is 5.69 Å². The lowest BCUT2D eigenvalue weighted by atomic mass is 10.0. The van der Waals surface area contributed by atoms with Crippen LogP contribution in [-0.2, 0) is 10.9 Å². The molecule has 1 aromatic rings. The number of hydrogen-bond donors (Lipinski definition) is 2. The quantitative estimate of drug-likeness (QED) is 0.876. The molecule has 0 aromatic heterocycles. The van der Waals surface area contributed by atoms with Gasteiger partial charge in [0.1, 0.15) is 5.60 Å². The lowest BCUT2D eigenvalue weighted by molar-refractivity contribution is -0.137. The van der Waals surface area contributed by atoms with E-state index in [4.69, 9.17) is 10.5 Å². The van der Waals surface area contributed by atoms with Crippen LogP contribution < -0.4 is 11.1 Å². The molecule has 0 radical (unpaired) electrons. The van der Waals surface area contributed by atoms with Crippen molar-refractivity contribution in [1.29, 1.82) is 0 Å². The summed E-state index contributed by atoms with van der Waals surface area (Å²) in [7, 11) is 0. The van der Waals surface area contributed by atoms with Crippen LogP contribution in [0.4, 0.5) is 23.7 Å². The zero-order chi connectivity index (χ0) is 17.4. The predicted molar refractivity (Wildman–Crippen MR) is 81.2 cm³/mol. The Balaban J connectivity index is 2.28. The average molecular weight is 330 g/mol. The lowest BCUT2D eigenvalue weighted by Gasteiger charge is -2.21. The molecule has 1 saturated carbocycles. The zero-order valence-electron chi connectivity index (χ0n) is 13.3. The Bertz CT molecular complexity index is 594. The van der Waals surface area contributed by atoms with Crippen LogP contribution in [0.1, 0.15) is 44.2 Å². The van der Waals surface area contributed by atoms with E-state index in [1.165, 1.54) is 6.07 Å². The number of carbonyl (C=O) groups excluding carboxylic acids is 1. The molecule has 128 valence electrons. The van der Waals surface area contributed by atoms with E-state index in [1.54, 1.807) is 20.8 Å². The second-order valence-corrected chi connectivity index (χ2v) is 6.76. The summed E-state index contributed by atoms with van der Waals surface area (Å²) >= 11 is 0. The van der Waals surface area contributed by atoms with Crippen molar-refractivity contribution in [2.75, 3.05) is 11.9 Å². The minimum atomic E-state index is -4.47. The van der Waals surface area contributed by atoms with E-state index in [-0.39, 0.29) is 17.5 Å². The average Bonchev–Trinajstić information content (AvgIpc) is 3.14. The number of anilines is 1. The summed E-state index contributed by atoms with van der Waals surface area (Å²) in [6.07, 6.45) is -4.44. The molecule has 1 aliphatic rings. The Morgan fingerprint density at radius 1 is 1.35 bits per heavy atom. The molecule has 0 aliphatic heterocycles. The lowest BCUT2D eigenvalue weighted by Crippen LogP contribution is -2.27. The fourth-order valence-corrected chi connectivity index (χ4v) is 2.47. The van der Waals surface area contributed by atoms with Crippen molar-refractivity contribution in [2.24, 2.45) is 11.7 Å². The zero-order valence-corrected chi connectivity index (χ0v) is 13.3. The molecule has 2 atom stereocenters. The highest BCUT2D eigenvalue weighted by atomic mass is 19.4. The molecule has 3 N–H and O–H groups in total. The van der Waals surface area contributed by atoms with E-state index in [1.807, 2.05) is 0 Å². The molecule has 1 amide bonds. The number of hydrogen-bond acceptors (Lipinski definition) is 3. The maximum absolute atomic E-state index is 12.9. The first-order valence-corrected chi connectivity index (χ1v) is 7.42. The molecule has 23 heavy (non-hydrogen) atoms. The molecule has 2 unspecified atom stereocenters. The number of benzene rings is 1. The maximum atomic E-state index is 12.9. The van der Waals surface area contributed by atoms with E-state index in [0.29, 0.717) is 12.1 Å². The van der Waals surface area contributed by atoms with Crippen LogP contribution >= 0.6 is 0 Å². The van der Waals surface area contributed by atoms with Gasteiger partial charge in [-0.2, -0.15) is 13.2 Å². The molecule has 2 rings (SSSR count). The minimum Gasteiger partial charge on any atom is -0.444 e. The van der Waals surface area contributed by atoms with E-state index in [9.17, 15) is 18.0 Å². The molecule has 1 aromatic carbocycles. The van der Waals surface area contributed by atoms with Gasteiger partial charge >= 0.3 is 12.3 Å². The molecule has 1 fully saturated rings. The Hall–Kier alpha value is -1.76. The number of alkyl halides is 3. The van der Waals surface area contributed by atoms with Gasteiger partial charge in [0.05, 0.1) is 5.56 Å². The molecule has 1 aliphatic carbocycles. The van der Waals surface area contributed by atoms with Gasteiger partial charge in [0.15, 0.2) is 0 Å². The number of rotatable bonds is 3. The first-order chi connectivity index (χ1) is 10.5. The second kappa shape index (κ2) is 6.03. The van der Waals surface area contributed by atoms with Crippen molar-refractivity contribution in [2.45, 2.75) is 44.9 Å². The maximum Gasteiger partial charge on any atom is 0.416 e. The number of nitrogens with two attached hydrogens (primary N) is 1. The summed E-state index contributed by atoms with van der Waals surface area (Å²) < 4.78 is 43.8. The molecular weight excluding hydrogens is 309 g/mol. The molecule has 7 heteroatoms. The smallest absolute Gasteiger partial charge is 0.416 e. The third-order valence-corrected chi connectivity index (χ3v) is 3.64. The SMILES string of the molecule is CC(C)(C)OC(=O)Nc1cc(C(F)(F)F)ccc1C1CC1CN. The van der Waals surface area contributed by atoms with Crippen LogP contribution in [0.15, 0.2) is 18.2 Å². The van der Waals surface area contributed by atoms with E-state index in [2.05, 4.69) is 5.32 Å². The third-order valence-electron chi connectivity index (χ3n) is 3.64. The highest BCUT2D eigenvalue weighted by Crippen LogP contribution is 2.50. The van der Waals surface area contributed by atoms with Crippen molar-refractivity contribution in [3.63, 3.8) is 0 Å². The van der Waals surface area contributed by atoms with E-state index in [0.717, 1.165) is 18.6 Å². The number of amides is 1. The van der Waals surface area contributed by atoms with Crippen LogP contribution in [0.3, 0.4) is 0 Å². The second-order valence-electron chi connectivity index (χ2n) is 6.76. The molecule has 0 bridgehead atoms. The summed E-state index contributed by atoms with van der Waals surface area (Å²) in [5.74, 6) is 0.318. The van der Waals surface area contributed by atoms with Crippen LogP contribution in [0.5, 0.6) is 0 Å². The van der Waals surface area contributed by atoms with Gasteiger partial charge in [-0.05, 0) is 63.3 Å². The van der Waals surface area contributed by atoms with Crippen molar-refractivity contribution < 1.29 is 22.7 Å². The number of ether oxygens (including phenoxy) is 1. The van der Waals surface area contributed by atoms with Gasteiger partial charge < -0.3 is 10.5 Å². The summed E-state index contributed by atoms with van der Waals surface area (Å²) in [6, 6.07) is 3.39. The van der Waals surface area contributed by atoms with Crippen LogP contribution in [0.25, 0.3) is 0 Å². The van der Waals surface area contributed by atoms with Crippen LogP contribution in [0.2, 0.25) is 0 Å². The Morgan fingerprint density at radius 2 is 2.00 bits per heavy atom. The molecule has 0 spiro atoms. The standard InChI is InChI=1S/C16H21F3N2O2/c1-15(2,3)23-14(22)21-13-7-10(16(17,18)19)4-5-11(13)12-6-9(12)8-20/h4-5,7,9,12H,6,8,20H2,1-3H3,(H,21,22). The summed E-state index contributed by atoms with van der Waals surface area (Å²) in [5, 5.41) is 2.44. The first-order valence-electron chi connectivity index (χ1n) is 7.42. The van der Waals surface area contributed by atoms with Gasteiger partial charge in [0.2, 0.25) is 0 Å². The molecular formula is C16H21F3N2O2. The first kappa shape index (κ1) is 17.6. The number of carbonyl (C=O) groups is 1. The third kappa shape index (κ3) is 4.60. The van der Waals surface area contributed by atoms with Crippen molar-refractivity contribution in [3.05, 3.63) is 29.3 Å². The fraction of sp³-hybridized carbons (Fsp3) is 0.562. The Kier molecular flexibility index (Phi) is 4.61. The van der Waals surface area contributed by atoms with Gasteiger partial charge in [-0.3, -0.25) is 5.32 Å². The molecule has 0 heterocycles. The topological polar surface area (TPSA) is 64.3 Å². The number of halogens is 3. The predicted octanol–water partition coefficient (Wildman–Crippen LogP) is 4.11. The van der Waals surface area contributed by atoms with Crippen molar-refractivity contribution in [3.8, 4) is 0 Å². The van der Waals surface area contributed by atoms with Crippen molar-refractivity contribution in [1.82, 2.24) is 0 Å². The van der Waals surface area contributed by atoms with Crippen LogP contribution in [0, 0.1) is 5.92 Å². The minimum absolute atomic E-state index is 0.0761. The van der Waals surface area contributed by atoms with Crippen LogP contribution in [-0.4, -0.2) is 18.2 Å². The normalized spacial score (nSPS) is 21.0. The van der Waals surface area contributed by atoms with E-state index < -0.39 is 23.4 Å². The van der Waals surface area contributed by atoms with Gasteiger partial charge in [0.25, 0.3) is 0 Å². The van der Waals surface area contributed by atoms with Gasteiger partial charge in [-0.1, -0.05) is 6.07 Å². The fourth-order valence-electron chi connectivity index (χ4n) is 2.47. The molecule has 0 saturated heterocycles. The Morgan fingerprint density at radius 3 is 2.48 bits per heavy atom. The van der Waals surface area contributed by atoms with E-state index >= 15 is 0 Å². The van der Waals surface area contributed by atoms with Gasteiger partial charge in [-0.15, -0.1) is 0 Å². The largest absolute Gasteiger partial charge is 0.444 e. The summed E-state index contributed by atoms with van der Waals surface area (Å²) in [5.41, 5.74) is 4.86. The summed E-state index contributed by atoms with van der Waals surface area (Å²) in [4.78, 5) is 11.9. The number of nitrogens with one attached hydrogen (secondary N) is 1. The highest BCUT2D eigenvalue weighted by Gasteiger charge is 2.40. The van der Waals surface area contributed by atoms with Crippen molar-refractivity contribution >= 4 is 11.8 Å². The van der Waals surface area contributed by atoms with Gasteiger partial charge in [-0.25, -0.2) is 4.79 Å². The molecule has 4 nitrogen and oxygen atoms in total.